The van der Waals surface area contributed by atoms with Crippen LogP contribution in [0.15, 0.2) is 0 Å². The van der Waals surface area contributed by atoms with E-state index in [1.54, 1.807) is 4.90 Å². The van der Waals surface area contributed by atoms with E-state index in [4.69, 9.17) is 18.0 Å². The zero-order valence-electron chi connectivity index (χ0n) is 10.7. The maximum absolute atomic E-state index is 11.8. The third-order valence-corrected chi connectivity index (χ3v) is 2.85. The van der Waals surface area contributed by atoms with E-state index >= 15 is 0 Å². The summed E-state index contributed by atoms with van der Waals surface area (Å²) in [4.78, 5) is 16.1. The van der Waals surface area contributed by atoms with E-state index in [9.17, 15) is 4.79 Å². The number of rotatable bonds is 7. The van der Waals surface area contributed by atoms with Crippen molar-refractivity contribution in [1.82, 2.24) is 9.80 Å². The lowest BCUT2D eigenvalue weighted by molar-refractivity contribution is -0.132. The second-order valence-electron chi connectivity index (χ2n) is 4.18. The van der Waals surface area contributed by atoms with E-state index < -0.39 is 0 Å². The number of hydrogen-bond donors (Lipinski definition) is 1. The third-order valence-electron chi connectivity index (χ3n) is 2.65. The molecule has 0 heterocycles. The lowest BCUT2D eigenvalue weighted by atomic mass is 10.3. The van der Waals surface area contributed by atoms with Gasteiger partial charge in [-0.25, -0.2) is 0 Å². The van der Waals surface area contributed by atoms with E-state index in [1.165, 1.54) is 0 Å². The molecule has 4 nitrogen and oxygen atoms in total. The van der Waals surface area contributed by atoms with Gasteiger partial charge in [0.2, 0.25) is 5.91 Å². The van der Waals surface area contributed by atoms with Crippen molar-refractivity contribution in [1.29, 1.82) is 0 Å². The van der Waals surface area contributed by atoms with Gasteiger partial charge in [-0.1, -0.05) is 19.1 Å². The van der Waals surface area contributed by atoms with Crippen LogP contribution in [-0.4, -0.2) is 53.4 Å². The summed E-state index contributed by atoms with van der Waals surface area (Å²) >= 11 is 4.82. The molecule has 5 heteroatoms. The number of carbonyl (C=O) groups is 1. The van der Waals surface area contributed by atoms with Crippen molar-refractivity contribution < 1.29 is 4.79 Å². The van der Waals surface area contributed by atoms with Crippen molar-refractivity contribution in [3.8, 4) is 0 Å². The lowest BCUT2D eigenvalue weighted by Gasteiger charge is -2.26. The Bertz CT molecular complexity index is 243. The fraction of sp³-hybridized carbons (Fsp3) is 0.818. The predicted molar refractivity (Wildman–Crippen MR) is 71.4 cm³/mol. The zero-order chi connectivity index (χ0) is 12.7. The van der Waals surface area contributed by atoms with Crippen LogP contribution >= 0.6 is 12.2 Å². The first-order valence-electron chi connectivity index (χ1n) is 5.64. The van der Waals surface area contributed by atoms with Gasteiger partial charge in [0, 0.05) is 26.1 Å². The molecule has 0 aliphatic rings. The number of amides is 1. The summed E-state index contributed by atoms with van der Waals surface area (Å²) in [5.74, 6) is 0.139. The molecule has 94 valence electrons. The number of thiocarbonyl (C=S) groups is 1. The maximum Gasteiger partial charge on any atom is 0.236 e. The highest BCUT2D eigenvalue weighted by atomic mass is 32.1. The Balaban J connectivity index is 4.11. The SMILES string of the molecule is CCN(CCC(N)=S)CC(=O)N(C)C(C)C. The molecule has 0 saturated carbocycles. The zero-order valence-corrected chi connectivity index (χ0v) is 11.5. The average Bonchev–Trinajstić information content (AvgIpc) is 2.22. The Morgan fingerprint density at radius 3 is 2.38 bits per heavy atom. The van der Waals surface area contributed by atoms with Crippen LogP contribution in [0.2, 0.25) is 0 Å². The van der Waals surface area contributed by atoms with Crippen molar-refractivity contribution in [3.63, 3.8) is 0 Å². The summed E-state index contributed by atoms with van der Waals surface area (Å²) in [6.45, 7) is 8.06. The normalized spacial score (nSPS) is 10.9. The number of likely N-dealkylation sites (N-methyl/N-ethyl adjacent to an activating group) is 2. The second kappa shape index (κ2) is 7.57. The molecule has 2 N–H and O–H groups in total. The van der Waals surface area contributed by atoms with Gasteiger partial charge in [0.05, 0.1) is 11.5 Å². The molecule has 0 spiro atoms. The Hall–Kier alpha value is -0.680. The van der Waals surface area contributed by atoms with Crippen LogP contribution in [0.3, 0.4) is 0 Å². The lowest BCUT2D eigenvalue weighted by Crippen LogP contribution is -2.42. The van der Waals surface area contributed by atoms with Crippen molar-refractivity contribution in [3.05, 3.63) is 0 Å². The van der Waals surface area contributed by atoms with E-state index in [-0.39, 0.29) is 11.9 Å². The predicted octanol–water partition coefficient (Wildman–Crippen LogP) is 0.851. The average molecular weight is 245 g/mol. The summed E-state index contributed by atoms with van der Waals surface area (Å²) in [5.41, 5.74) is 5.44. The molecule has 0 rings (SSSR count). The van der Waals surface area contributed by atoms with Crippen LogP contribution in [-0.2, 0) is 4.79 Å². The van der Waals surface area contributed by atoms with E-state index in [0.29, 0.717) is 18.0 Å². The standard InChI is InChI=1S/C11H23N3OS/c1-5-14(7-6-10(12)16)8-11(15)13(4)9(2)3/h9H,5-8H2,1-4H3,(H2,12,16). The second-order valence-corrected chi connectivity index (χ2v) is 4.71. The molecule has 0 atom stereocenters. The van der Waals surface area contributed by atoms with Crippen LogP contribution in [0, 0.1) is 0 Å². The molecule has 0 aliphatic carbocycles. The summed E-state index contributed by atoms with van der Waals surface area (Å²) in [7, 11) is 1.83. The van der Waals surface area contributed by atoms with Gasteiger partial charge in [0.15, 0.2) is 0 Å². The molecule has 0 bridgehead atoms. The quantitative estimate of drug-likeness (QED) is 0.676. The van der Waals surface area contributed by atoms with Gasteiger partial charge in [-0.3, -0.25) is 9.69 Å². The van der Waals surface area contributed by atoms with Gasteiger partial charge in [-0.2, -0.15) is 0 Å². The molecular formula is C11H23N3OS. The first kappa shape index (κ1) is 15.3. The van der Waals surface area contributed by atoms with Gasteiger partial charge in [-0.05, 0) is 20.4 Å². The van der Waals surface area contributed by atoms with Crippen LogP contribution in [0.25, 0.3) is 0 Å². The molecule has 0 aromatic rings. The molecule has 0 aliphatic heterocycles. The minimum absolute atomic E-state index is 0.139. The van der Waals surface area contributed by atoms with Gasteiger partial charge in [-0.15, -0.1) is 0 Å². The van der Waals surface area contributed by atoms with Crippen molar-refractivity contribution in [2.75, 3.05) is 26.7 Å². The summed E-state index contributed by atoms with van der Waals surface area (Å²) in [6.07, 6.45) is 0.668. The molecule has 0 aromatic carbocycles. The largest absolute Gasteiger partial charge is 0.393 e. The van der Waals surface area contributed by atoms with Gasteiger partial charge < -0.3 is 10.6 Å². The van der Waals surface area contributed by atoms with Gasteiger partial charge in [0.1, 0.15) is 0 Å². The van der Waals surface area contributed by atoms with Gasteiger partial charge in [0.25, 0.3) is 0 Å². The fourth-order valence-corrected chi connectivity index (χ4v) is 1.30. The number of nitrogens with zero attached hydrogens (tertiary/aromatic N) is 2. The third kappa shape index (κ3) is 6.02. The first-order valence-corrected chi connectivity index (χ1v) is 6.05. The van der Waals surface area contributed by atoms with Crippen LogP contribution in [0.1, 0.15) is 27.2 Å². The molecule has 0 aromatic heterocycles. The molecule has 16 heavy (non-hydrogen) atoms. The van der Waals surface area contributed by atoms with E-state index in [0.717, 1.165) is 13.1 Å². The Kier molecular flexibility index (Phi) is 7.25. The minimum atomic E-state index is 0.139. The topological polar surface area (TPSA) is 49.6 Å². The summed E-state index contributed by atoms with van der Waals surface area (Å²) < 4.78 is 0. The van der Waals surface area contributed by atoms with Crippen molar-refractivity contribution >= 4 is 23.1 Å². The van der Waals surface area contributed by atoms with Crippen LogP contribution in [0.5, 0.6) is 0 Å². The van der Waals surface area contributed by atoms with Crippen LogP contribution < -0.4 is 5.73 Å². The molecule has 0 saturated heterocycles. The Morgan fingerprint density at radius 1 is 1.44 bits per heavy atom. The number of nitrogens with two attached hydrogens (primary N) is 1. The minimum Gasteiger partial charge on any atom is -0.393 e. The van der Waals surface area contributed by atoms with Crippen LogP contribution in [0.4, 0.5) is 0 Å². The number of carbonyl (C=O) groups excluding carboxylic acids is 1. The highest BCUT2D eigenvalue weighted by Gasteiger charge is 2.15. The molecule has 1 amide bonds. The van der Waals surface area contributed by atoms with Crippen molar-refractivity contribution in [2.45, 2.75) is 33.2 Å². The molecule has 0 radical (unpaired) electrons. The van der Waals surface area contributed by atoms with Crippen molar-refractivity contribution in [2.24, 2.45) is 5.73 Å². The molecule has 0 unspecified atom stereocenters. The summed E-state index contributed by atoms with van der Waals surface area (Å²) in [6, 6.07) is 0.238. The number of hydrogen-bond acceptors (Lipinski definition) is 3. The Labute approximate surface area is 104 Å². The highest BCUT2D eigenvalue weighted by Crippen LogP contribution is 1.98. The monoisotopic (exact) mass is 245 g/mol. The highest BCUT2D eigenvalue weighted by molar-refractivity contribution is 7.80. The van der Waals surface area contributed by atoms with Gasteiger partial charge >= 0.3 is 0 Å². The molecular weight excluding hydrogens is 222 g/mol. The fourth-order valence-electron chi connectivity index (χ4n) is 1.21. The maximum atomic E-state index is 11.8. The van der Waals surface area contributed by atoms with E-state index in [2.05, 4.69) is 4.90 Å². The van der Waals surface area contributed by atoms with E-state index in [1.807, 2.05) is 27.8 Å². The smallest absolute Gasteiger partial charge is 0.236 e. The molecule has 0 fully saturated rings. The summed E-state index contributed by atoms with van der Waals surface area (Å²) in [5, 5.41) is 0. The Morgan fingerprint density at radius 2 is 2.00 bits per heavy atom. The first-order chi connectivity index (χ1) is 7.38.